The molecule has 5 nitrogen and oxygen atoms in total. The second kappa shape index (κ2) is 7.56. The van der Waals surface area contributed by atoms with E-state index in [2.05, 4.69) is 0 Å². The van der Waals surface area contributed by atoms with E-state index in [0.717, 1.165) is 27.3 Å². The van der Waals surface area contributed by atoms with Crippen LogP contribution in [0.4, 0.5) is 5.69 Å². The van der Waals surface area contributed by atoms with Gasteiger partial charge in [0, 0.05) is 29.1 Å². The summed E-state index contributed by atoms with van der Waals surface area (Å²) >= 11 is 1.54. The van der Waals surface area contributed by atoms with Crippen LogP contribution in [0.2, 0.25) is 0 Å². The van der Waals surface area contributed by atoms with E-state index >= 15 is 0 Å². The number of para-hydroxylation sites is 1. The highest BCUT2D eigenvalue weighted by Gasteiger charge is 2.33. The number of anilines is 1. The Morgan fingerprint density at radius 2 is 1.75 bits per heavy atom. The summed E-state index contributed by atoms with van der Waals surface area (Å²) in [7, 11) is 0. The Hall–Kier alpha value is -2.99. The van der Waals surface area contributed by atoms with Crippen molar-refractivity contribution in [1.29, 1.82) is 0 Å². The number of carbonyl (C=O) groups is 1. The molecule has 1 aliphatic rings. The number of amides is 1. The number of rotatable bonds is 4. The highest BCUT2D eigenvalue weighted by molar-refractivity contribution is 7.07. The van der Waals surface area contributed by atoms with Gasteiger partial charge in [-0.1, -0.05) is 48.5 Å². The summed E-state index contributed by atoms with van der Waals surface area (Å²) < 4.78 is 1.81. The zero-order chi connectivity index (χ0) is 19.7. The normalized spacial score (nSPS) is 15.7. The first-order valence-electron chi connectivity index (χ1n) is 9.40. The average Bonchev–Trinajstić information content (AvgIpc) is 3.21. The van der Waals surface area contributed by atoms with Gasteiger partial charge >= 0.3 is 0 Å². The lowest BCUT2D eigenvalue weighted by atomic mass is 10.1. The Kier molecular flexibility index (Phi) is 4.96. The minimum absolute atomic E-state index is 0.0723. The largest absolute Gasteiger partial charge is 0.307 e. The van der Waals surface area contributed by atoms with Crippen LogP contribution in [0.5, 0.6) is 0 Å². The zero-order valence-electron chi connectivity index (χ0n) is 16.2. The molecule has 0 radical (unpaired) electrons. The molecule has 1 aliphatic heterocycles. The Labute approximate surface area is 168 Å². The second-order valence-corrected chi connectivity index (χ2v) is 7.66. The smallest absolute Gasteiger partial charge is 0.279 e. The van der Waals surface area contributed by atoms with E-state index in [1.165, 1.54) is 11.3 Å². The van der Waals surface area contributed by atoms with Crippen LogP contribution in [-0.4, -0.2) is 28.9 Å². The molecule has 3 aromatic rings. The molecule has 28 heavy (non-hydrogen) atoms. The van der Waals surface area contributed by atoms with Gasteiger partial charge in [0.25, 0.3) is 5.91 Å². The molecular weight excluding hydrogens is 368 g/mol. The van der Waals surface area contributed by atoms with Crippen LogP contribution in [0.25, 0.3) is 11.3 Å². The fraction of sp³-hybridized carbons (Fsp3) is 0.227. The summed E-state index contributed by atoms with van der Waals surface area (Å²) in [4.78, 5) is 20.3. The topological polar surface area (TPSA) is 50.0 Å². The van der Waals surface area contributed by atoms with E-state index in [1.54, 1.807) is 4.90 Å². The lowest BCUT2D eigenvalue weighted by Crippen LogP contribution is -2.30. The van der Waals surface area contributed by atoms with Crippen LogP contribution in [0, 0.1) is 0 Å². The third-order valence-corrected chi connectivity index (χ3v) is 5.37. The maximum Gasteiger partial charge on any atom is 0.279 e. The van der Waals surface area contributed by atoms with Crippen molar-refractivity contribution in [3.05, 3.63) is 70.3 Å². The fourth-order valence-electron chi connectivity index (χ4n) is 3.29. The third-order valence-electron chi connectivity index (χ3n) is 4.54. The van der Waals surface area contributed by atoms with Crippen molar-refractivity contribution in [2.75, 3.05) is 11.4 Å². The molecule has 6 heteroatoms. The molecule has 0 aliphatic carbocycles. The molecule has 0 spiro atoms. The Bertz CT molecular complexity index is 1110. The van der Waals surface area contributed by atoms with Crippen LogP contribution in [0.15, 0.2) is 70.1 Å². The van der Waals surface area contributed by atoms with Gasteiger partial charge in [-0.2, -0.15) is 5.10 Å². The molecule has 2 heterocycles. The predicted molar refractivity (Wildman–Crippen MR) is 115 cm³/mol. The summed E-state index contributed by atoms with van der Waals surface area (Å²) in [5, 5.41) is 6.87. The number of benzene rings is 2. The summed E-state index contributed by atoms with van der Waals surface area (Å²) in [6.07, 6.45) is 0. The number of hydrogen-bond donors (Lipinski definition) is 0. The monoisotopic (exact) mass is 390 g/mol. The molecule has 0 atom stereocenters. The summed E-state index contributed by atoms with van der Waals surface area (Å²) in [6, 6.07) is 18.0. The molecule has 142 valence electrons. The number of fused-ring (bicyclic) bond motifs is 1. The highest BCUT2D eigenvalue weighted by atomic mass is 32.1. The van der Waals surface area contributed by atoms with Crippen LogP contribution in [0.1, 0.15) is 26.3 Å². The number of aromatic nitrogens is 1. The van der Waals surface area contributed by atoms with Crippen molar-refractivity contribution in [1.82, 2.24) is 4.68 Å². The summed E-state index contributed by atoms with van der Waals surface area (Å²) in [5.41, 5.74) is 4.20. The number of likely N-dealkylation sites (N-methyl/N-ethyl adjacent to an activating group) is 1. The maximum atomic E-state index is 13.1. The minimum Gasteiger partial charge on any atom is -0.307 e. The maximum absolute atomic E-state index is 13.1. The van der Waals surface area contributed by atoms with Crippen LogP contribution >= 0.6 is 11.3 Å². The van der Waals surface area contributed by atoms with Gasteiger partial charge in [-0.3, -0.25) is 9.79 Å². The number of nitrogens with zero attached hydrogens (tertiary/aromatic N) is 4. The van der Waals surface area contributed by atoms with E-state index in [1.807, 2.05) is 85.4 Å². The van der Waals surface area contributed by atoms with E-state index < -0.39 is 0 Å². The van der Waals surface area contributed by atoms with E-state index in [0.29, 0.717) is 12.3 Å². The summed E-state index contributed by atoms with van der Waals surface area (Å²) in [6.45, 7) is 6.66. The summed E-state index contributed by atoms with van der Waals surface area (Å²) in [5.74, 6) is -0.0723. The van der Waals surface area contributed by atoms with Gasteiger partial charge < -0.3 is 4.90 Å². The molecular formula is C22H22N4OS. The van der Waals surface area contributed by atoms with Gasteiger partial charge in [0.15, 0.2) is 5.71 Å². The molecule has 2 aromatic carbocycles. The molecule has 1 aromatic heterocycles. The quantitative estimate of drug-likeness (QED) is 0.660. The van der Waals surface area contributed by atoms with E-state index in [-0.39, 0.29) is 11.9 Å². The standard InChI is InChI=1S/C22H22N4OS/c1-4-25-18-13-9-8-12-17(18)20(21(25)27)24-26-19(16-10-6-5-7-11-16)14-28-22(26)23-15(2)3/h5-15H,4H2,1-3H3. The van der Waals surface area contributed by atoms with Gasteiger partial charge in [-0.15, -0.1) is 11.3 Å². The molecule has 0 N–H and O–H groups in total. The Morgan fingerprint density at radius 3 is 2.46 bits per heavy atom. The number of hydrogen-bond acceptors (Lipinski definition) is 4. The lowest BCUT2D eigenvalue weighted by Gasteiger charge is -2.13. The van der Waals surface area contributed by atoms with E-state index in [9.17, 15) is 4.79 Å². The SMILES string of the molecule is CCN1C(=O)C(=Nn2c(-c3ccccc3)csc2=NC(C)C)c2ccccc21. The fourth-order valence-corrected chi connectivity index (χ4v) is 4.25. The lowest BCUT2D eigenvalue weighted by molar-refractivity contribution is -0.112. The minimum atomic E-state index is -0.0723. The number of thiazole rings is 1. The average molecular weight is 391 g/mol. The van der Waals surface area contributed by atoms with Gasteiger partial charge in [0.2, 0.25) is 4.80 Å². The molecule has 0 bridgehead atoms. The third kappa shape index (κ3) is 3.20. The number of carbonyl (C=O) groups excluding carboxylic acids is 1. The molecule has 4 rings (SSSR count). The van der Waals surface area contributed by atoms with Crippen LogP contribution < -0.4 is 9.70 Å². The van der Waals surface area contributed by atoms with Crippen molar-refractivity contribution < 1.29 is 4.79 Å². The van der Waals surface area contributed by atoms with Gasteiger partial charge in [-0.25, -0.2) is 4.68 Å². The first-order chi connectivity index (χ1) is 13.6. The van der Waals surface area contributed by atoms with Crippen molar-refractivity contribution in [3.63, 3.8) is 0 Å². The van der Waals surface area contributed by atoms with Crippen LogP contribution in [0.3, 0.4) is 0 Å². The first kappa shape index (κ1) is 18.4. The van der Waals surface area contributed by atoms with Crippen molar-refractivity contribution in [2.45, 2.75) is 26.8 Å². The van der Waals surface area contributed by atoms with Crippen molar-refractivity contribution >= 4 is 28.6 Å². The predicted octanol–water partition coefficient (Wildman–Crippen LogP) is 4.14. The Morgan fingerprint density at radius 1 is 1.04 bits per heavy atom. The van der Waals surface area contributed by atoms with Crippen LogP contribution in [-0.2, 0) is 4.79 Å². The van der Waals surface area contributed by atoms with Crippen molar-refractivity contribution in [2.24, 2.45) is 10.1 Å². The molecule has 0 unspecified atom stereocenters. The zero-order valence-corrected chi connectivity index (χ0v) is 17.0. The highest BCUT2D eigenvalue weighted by Crippen LogP contribution is 2.29. The van der Waals surface area contributed by atoms with Gasteiger partial charge in [0.1, 0.15) is 0 Å². The second-order valence-electron chi connectivity index (χ2n) is 6.82. The van der Waals surface area contributed by atoms with Gasteiger partial charge in [0.05, 0.1) is 11.4 Å². The Balaban J connectivity index is 1.95. The molecule has 0 saturated carbocycles. The molecule has 0 fully saturated rings. The first-order valence-corrected chi connectivity index (χ1v) is 10.3. The molecule has 1 amide bonds. The molecule has 0 saturated heterocycles. The van der Waals surface area contributed by atoms with Gasteiger partial charge in [-0.05, 0) is 26.8 Å². The van der Waals surface area contributed by atoms with E-state index in [4.69, 9.17) is 10.1 Å². The van der Waals surface area contributed by atoms with Crippen molar-refractivity contribution in [3.8, 4) is 11.3 Å².